The number of carboxylic acids is 1. The van der Waals surface area contributed by atoms with Gasteiger partial charge in [-0.15, -0.1) is 0 Å². The molecule has 1 aliphatic rings. The highest BCUT2D eigenvalue weighted by molar-refractivity contribution is 6.14. The minimum Gasteiger partial charge on any atom is -0.508 e. The van der Waals surface area contributed by atoms with E-state index >= 15 is 0 Å². The lowest BCUT2D eigenvalue weighted by Crippen LogP contribution is -2.44. The van der Waals surface area contributed by atoms with Crippen molar-refractivity contribution in [1.29, 1.82) is 0 Å². The highest BCUT2D eigenvalue weighted by atomic mass is 16.5. The minimum atomic E-state index is -1.21. The lowest BCUT2D eigenvalue weighted by Gasteiger charge is -2.15. The number of ketones is 1. The predicted octanol–water partition coefficient (Wildman–Crippen LogP) is 3.23. The first-order valence-electron chi connectivity index (χ1n) is 12.0. The molecule has 1 heterocycles. The summed E-state index contributed by atoms with van der Waals surface area (Å²) in [6, 6.07) is 12.6. The molecule has 1 unspecified atom stereocenters. The van der Waals surface area contributed by atoms with Gasteiger partial charge in [0.2, 0.25) is 5.78 Å². The van der Waals surface area contributed by atoms with E-state index in [1.807, 2.05) is 0 Å². The normalized spacial score (nSPS) is 13.7. The van der Waals surface area contributed by atoms with E-state index in [2.05, 4.69) is 5.32 Å². The number of nitrogens with one attached hydrogen (secondary N) is 1. The zero-order valence-electron chi connectivity index (χ0n) is 21.9. The molecule has 3 aromatic rings. The minimum absolute atomic E-state index is 0.0239. The topological polar surface area (TPSA) is 150 Å². The van der Waals surface area contributed by atoms with Crippen LogP contribution >= 0.6 is 0 Å². The maximum absolute atomic E-state index is 12.9. The summed E-state index contributed by atoms with van der Waals surface area (Å²) >= 11 is 0. The Morgan fingerprint density at radius 2 is 1.62 bits per heavy atom. The summed E-state index contributed by atoms with van der Waals surface area (Å²) in [6.45, 7) is -0.461. The van der Waals surface area contributed by atoms with Crippen molar-refractivity contribution in [3.63, 3.8) is 0 Å². The van der Waals surface area contributed by atoms with Crippen LogP contribution in [0, 0.1) is 0 Å². The maximum atomic E-state index is 12.9. The van der Waals surface area contributed by atoms with Gasteiger partial charge in [-0.2, -0.15) is 0 Å². The van der Waals surface area contributed by atoms with E-state index in [9.17, 15) is 24.6 Å². The Bertz CT molecular complexity index is 1460. The number of Topliss-reactive ketones (excluding diaryl/α,β-unsaturated/α-hetero) is 1. The van der Waals surface area contributed by atoms with Crippen molar-refractivity contribution >= 4 is 23.7 Å². The third-order valence-electron chi connectivity index (χ3n) is 6.04. The number of phenols is 1. The molecular formula is C29H27NO10. The van der Waals surface area contributed by atoms with E-state index < -0.39 is 24.5 Å². The van der Waals surface area contributed by atoms with Gasteiger partial charge in [0.25, 0.3) is 5.91 Å². The van der Waals surface area contributed by atoms with Crippen molar-refractivity contribution < 1.29 is 48.3 Å². The molecule has 0 saturated carbocycles. The molecular weight excluding hydrogens is 522 g/mol. The molecule has 40 heavy (non-hydrogen) atoms. The molecule has 1 atom stereocenters. The van der Waals surface area contributed by atoms with E-state index in [1.165, 1.54) is 57.7 Å². The number of amides is 1. The fourth-order valence-corrected chi connectivity index (χ4v) is 4.02. The molecule has 208 valence electrons. The summed E-state index contributed by atoms with van der Waals surface area (Å²) in [5.74, 6) is -0.273. The second-order valence-electron chi connectivity index (χ2n) is 8.66. The van der Waals surface area contributed by atoms with E-state index in [0.717, 1.165) is 0 Å². The number of phenolic OH excluding ortho intramolecular Hbond substituents is 1. The highest BCUT2D eigenvalue weighted by Gasteiger charge is 2.29. The zero-order chi connectivity index (χ0) is 28.8. The average Bonchev–Trinajstić information content (AvgIpc) is 3.26. The standard InChI is InChI=1S/C29H27NO10/c1-36-22-14-25(38-3)24(37-2)11-17(22)12-26-28(33)20-9-8-19(13-23(20)40-26)39-15-27(32)30-21(29(34)35)10-16-4-6-18(31)7-5-16/h4-9,11-14,21,31H,10,15H2,1-3H3,(H,30,32)(H,34,35). The van der Waals surface area contributed by atoms with Gasteiger partial charge in [-0.25, -0.2) is 4.79 Å². The molecule has 0 aromatic heterocycles. The van der Waals surface area contributed by atoms with Gasteiger partial charge < -0.3 is 39.2 Å². The number of carbonyl (C=O) groups is 3. The Balaban J connectivity index is 1.42. The second-order valence-corrected chi connectivity index (χ2v) is 8.66. The Hall–Kier alpha value is -5.19. The summed E-state index contributed by atoms with van der Waals surface area (Å²) in [6.07, 6.45) is 1.55. The van der Waals surface area contributed by atoms with E-state index in [-0.39, 0.29) is 35.2 Å². The monoisotopic (exact) mass is 549 g/mol. The summed E-state index contributed by atoms with van der Waals surface area (Å²) in [4.78, 5) is 37.0. The third kappa shape index (κ3) is 6.26. The molecule has 3 N–H and O–H groups in total. The van der Waals surface area contributed by atoms with Crippen molar-refractivity contribution in [2.75, 3.05) is 27.9 Å². The first kappa shape index (κ1) is 27.8. The van der Waals surface area contributed by atoms with Crippen molar-refractivity contribution in [3.8, 4) is 34.5 Å². The number of hydrogen-bond donors (Lipinski definition) is 3. The van der Waals surface area contributed by atoms with Gasteiger partial charge >= 0.3 is 5.97 Å². The first-order chi connectivity index (χ1) is 19.2. The van der Waals surface area contributed by atoms with Gasteiger partial charge in [0.15, 0.2) is 23.9 Å². The van der Waals surface area contributed by atoms with Crippen LogP contribution in [0.3, 0.4) is 0 Å². The van der Waals surface area contributed by atoms with Crippen molar-refractivity contribution in [1.82, 2.24) is 5.32 Å². The molecule has 0 radical (unpaired) electrons. The maximum Gasteiger partial charge on any atom is 0.326 e. The van der Waals surface area contributed by atoms with Crippen molar-refractivity contribution in [2.24, 2.45) is 0 Å². The fourth-order valence-electron chi connectivity index (χ4n) is 4.02. The Morgan fingerprint density at radius 3 is 2.27 bits per heavy atom. The smallest absolute Gasteiger partial charge is 0.326 e. The lowest BCUT2D eigenvalue weighted by atomic mass is 10.1. The van der Waals surface area contributed by atoms with Crippen molar-refractivity contribution in [3.05, 3.63) is 77.0 Å². The van der Waals surface area contributed by atoms with Crippen LogP contribution in [0.2, 0.25) is 0 Å². The number of aromatic hydroxyl groups is 1. The highest BCUT2D eigenvalue weighted by Crippen LogP contribution is 2.39. The Labute approximate surface area is 229 Å². The number of fused-ring (bicyclic) bond motifs is 1. The molecule has 1 amide bonds. The molecule has 0 fully saturated rings. The zero-order valence-corrected chi connectivity index (χ0v) is 21.9. The molecule has 0 aliphatic carbocycles. The molecule has 1 aliphatic heterocycles. The van der Waals surface area contributed by atoms with E-state index in [4.69, 9.17) is 23.7 Å². The van der Waals surface area contributed by atoms with Crippen LogP contribution in [0.5, 0.6) is 34.5 Å². The summed E-state index contributed by atoms with van der Waals surface area (Å²) in [5.41, 5.74) is 1.47. The van der Waals surface area contributed by atoms with Gasteiger partial charge in [0.05, 0.1) is 26.9 Å². The van der Waals surface area contributed by atoms with Crippen LogP contribution in [0.1, 0.15) is 21.5 Å². The second kappa shape index (κ2) is 12.1. The number of allylic oxidation sites excluding steroid dienone is 1. The number of rotatable bonds is 11. The van der Waals surface area contributed by atoms with Gasteiger partial charge in [-0.05, 0) is 42.0 Å². The summed E-state index contributed by atoms with van der Waals surface area (Å²) < 4.78 is 27.3. The van der Waals surface area contributed by atoms with Gasteiger partial charge in [-0.3, -0.25) is 9.59 Å². The largest absolute Gasteiger partial charge is 0.508 e. The fraction of sp³-hybridized carbons (Fsp3) is 0.207. The van der Waals surface area contributed by atoms with Crippen LogP contribution in [-0.4, -0.2) is 61.9 Å². The number of ether oxygens (including phenoxy) is 5. The summed E-state index contributed by atoms with van der Waals surface area (Å²) in [5, 5.41) is 21.3. The van der Waals surface area contributed by atoms with Crippen LogP contribution < -0.4 is 29.0 Å². The van der Waals surface area contributed by atoms with Crippen LogP contribution in [-0.2, 0) is 16.0 Å². The molecule has 0 saturated heterocycles. The molecule has 3 aromatic carbocycles. The number of benzene rings is 3. The summed E-state index contributed by atoms with van der Waals surface area (Å²) in [7, 11) is 4.48. The lowest BCUT2D eigenvalue weighted by molar-refractivity contribution is -0.142. The van der Waals surface area contributed by atoms with Gasteiger partial charge in [0.1, 0.15) is 29.0 Å². The molecule has 4 rings (SSSR count). The van der Waals surface area contributed by atoms with Crippen LogP contribution in [0.25, 0.3) is 6.08 Å². The van der Waals surface area contributed by atoms with Crippen LogP contribution in [0.4, 0.5) is 0 Å². The number of aliphatic carboxylic acids is 1. The predicted molar refractivity (Wildman–Crippen MR) is 142 cm³/mol. The number of carbonyl (C=O) groups excluding carboxylic acids is 2. The number of carboxylic acid groups (broad SMARTS) is 1. The Kier molecular flexibility index (Phi) is 8.43. The van der Waals surface area contributed by atoms with E-state index in [0.29, 0.717) is 33.9 Å². The Morgan fingerprint density at radius 1 is 0.950 bits per heavy atom. The van der Waals surface area contributed by atoms with E-state index in [1.54, 1.807) is 24.3 Å². The number of methoxy groups -OCH3 is 3. The van der Waals surface area contributed by atoms with Crippen LogP contribution in [0.15, 0.2) is 60.4 Å². The molecule has 0 bridgehead atoms. The molecule has 11 nitrogen and oxygen atoms in total. The van der Waals surface area contributed by atoms with Gasteiger partial charge in [0, 0.05) is 24.1 Å². The molecule has 0 spiro atoms. The quantitative estimate of drug-likeness (QED) is 0.304. The SMILES string of the molecule is COc1cc(OC)c(OC)cc1C=C1Oc2cc(OCC(=O)NC(Cc3ccc(O)cc3)C(=O)O)ccc2C1=O. The average molecular weight is 550 g/mol. The van der Waals surface area contributed by atoms with Gasteiger partial charge in [-0.1, -0.05) is 12.1 Å². The molecule has 11 heteroatoms. The first-order valence-corrected chi connectivity index (χ1v) is 12.0. The van der Waals surface area contributed by atoms with Crippen molar-refractivity contribution in [2.45, 2.75) is 12.5 Å². The number of hydrogen-bond acceptors (Lipinski definition) is 9. The third-order valence-corrected chi connectivity index (χ3v) is 6.04.